The molecule has 0 aliphatic heterocycles. The fourth-order valence-corrected chi connectivity index (χ4v) is 3.75. The van der Waals surface area contributed by atoms with Crippen molar-refractivity contribution in [3.05, 3.63) is 90.0 Å². The van der Waals surface area contributed by atoms with E-state index in [4.69, 9.17) is 0 Å². The molecule has 0 heterocycles. The van der Waals surface area contributed by atoms with Gasteiger partial charge in [0.15, 0.2) is 0 Å². The van der Waals surface area contributed by atoms with Crippen LogP contribution in [0.2, 0.25) is 0 Å². The van der Waals surface area contributed by atoms with Crippen LogP contribution in [0.15, 0.2) is 78.9 Å². The zero-order valence-corrected chi connectivity index (χ0v) is 20.5. The molecule has 0 aromatic heterocycles. The van der Waals surface area contributed by atoms with Gasteiger partial charge in [0.1, 0.15) is 0 Å². The molecule has 0 aliphatic rings. The summed E-state index contributed by atoms with van der Waals surface area (Å²) >= 11 is 0. The van der Waals surface area contributed by atoms with Crippen molar-refractivity contribution in [3.63, 3.8) is 0 Å². The third-order valence-corrected chi connectivity index (χ3v) is 5.66. The maximum atomic E-state index is 13.1. The Bertz CT molecular complexity index is 1140. The number of para-hydroxylation sites is 1. The second-order valence-corrected chi connectivity index (χ2v) is 7.92. The molecule has 2 N–H and O–H groups in total. The van der Waals surface area contributed by atoms with Crippen LogP contribution in [0.25, 0.3) is 0 Å². The summed E-state index contributed by atoms with van der Waals surface area (Å²) in [5.74, 6) is -0.368. The van der Waals surface area contributed by atoms with Gasteiger partial charge in [-0.15, -0.1) is 0 Å². The van der Waals surface area contributed by atoms with Gasteiger partial charge in [0.05, 0.1) is 6.54 Å². The Labute approximate surface area is 206 Å². The molecule has 182 valence electrons. The van der Waals surface area contributed by atoms with Crippen LogP contribution in [0, 0.1) is 0 Å². The van der Waals surface area contributed by atoms with Crippen molar-refractivity contribution in [1.82, 2.24) is 4.90 Å². The fourth-order valence-electron chi connectivity index (χ4n) is 3.75. The van der Waals surface area contributed by atoms with Crippen LogP contribution in [0.5, 0.6) is 0 Å². The molecule has 7 heteroatoms. The molecule has 3 aromatic carbocycles. The van der Waals surface area contributed by atoms with Crippen molar-refractivity contribution in [2.24, 2.45) is 0 Å². The molecule has 3 amide bonds. The molecule has 0 saturated carbocycles. The normalized spacial score (nSPS) is 10.4. The van der Waals surface area contributed by atoms with Gasteiger partial charge in [-0.05, 0) is 75.4 Å². The molecule has 0 aliphatic carbocycles. The van der Waals surface area contributed by atoms with Crippen LogP contribution in [0.4, 0.5) is 17.1 Å². The minimum absolute atomic E-state index is 0.0297. The van der Waals surface area contributed by atoms with E-state index in [9.17, 15) is 14.4 Å². The Morgan fingerprint density at radius 1 is 0.686 bits per heavy atom. The summed E-state index contributed by atoms with van der Waals surface area (Å²) in [6.07, 6.45) is 0. The summed E-state index contributed by atoms with van der Waals surface area (Å²) < 4.78 is 0. The van der Waals surface area contributed by atoms with Gasteiger partial charge in [-0.2, -0.15) is 0 Å². The molecule has 0 spiro atoms. The summed E-state index contributed by atoms with van der Waals surface area (Å²) in [6.45, 7) is 7.69. The number of hydrogen-bond donors (Lipinski definition) is 2. The average Bonchev–Trinajstić information content (AvgIpc) is 2.89. The lowest BCUT2D eigenvalue weighted by atomic mass is 10.1. The summed E-state index contributed by atoms with van der Waals surface area (Å²) in [5, 5.41) is 5.89. The number of amides is 3. The number of nitrogens with one attached hydrogen (secondary N) is 2. The van der Waals surface area contributed by atoms with Crippen LogP contribution in [0.1, 0.15) is 41.5 Å². The smallest absolute Gasteiger partial charge is 0.258 e. The molecule has 0 radical (unpaired) electrons. The zero-order chi connectivity index (χ0) is 25.2. The minimum atomic E-state index is -0.232. The van der Waals surface area contributed by atoms with Crippen LogP contribution in [0.3, 0.4) is 0 Å². The number of anilines is 3. The van der Waals surface area contributed by atoms with Gasteiger partial charge in [0, 0.05) is 47.8 Å². The zero-order valence-electron chi connectivity index (χ0n) is 20.5. The Morgan fingerprint density at radius 3 is 2.00 bits per heavy atom. The van der Waals surface area contributed by atoms with E-state index in [0.29, 0.717) is 42.1 Å². The lowest BCUT2D eigenvalue weighted by Gasteiger charge is -2.21. The van der Waals surface area contributed by atoms with Gasteiger partial charge < -0.3 is 20.4 Å². The van der Waals surface area contributed by atoms with Gasteiger partial charge in [0.2, 0.25) is 5.91 Å². The van der Waals surface area contributed by atoms with Crippen LogP contribution >= 0.6 is 0 Å². The standard InChI is InChI=1S/C28H32N4O3/c1-4-31(5-2)27(34)21-15-17-23(18-16-21)30-26(33)20-29-24-12-10-11-22(19-24)28(35)32(6-3)25-13-8-7-9-14-25/h7-19,29H,4-6,20H2,1-3H3,(H,30,33). The first-order valence-electron chi connectivity index (χ1n) is 11.9. The Hall–Kier alpha value is -4.13. The highest BCUT2D eigenvalue weighted by Gasteiger charge is 2.16. The van der Waals surface area contributed by atoms with Crippen molar-refractivity contribution >= 4 is 34.8 Å². The van der Waals surface area contributed by atoms with E-state index in [-0.39, 0.29) is 24.3 Å². The van der Waals surface area contributed by atoms with Crippen molar-refractivity contribution in [2.75, 3.05) is 41.7 Å². The predicted molar refractivity (Wildman–Crippen MR) is 141 cm³/mol. The highest BCUT2D eigenvalue weighted by Crippen LogP contribution is 2.19. The van der Waals surface area contributed by atoms with E-state index < -0.39 is 0 Å². The second kappa shape index (κ2) is 12.4. The van der Waals surface area contributed by atoms with Gasteiger partial charge in [-0.25, -0.2) is 0 Å². The summed E-state index contributed by atoms with van der Waals surface area (Å²) in [7, 11) is 0. The first-order chi connectivity index (χ1) is 17.0. The Morgan fingerprint density at radius 2 is 1.37 bits per heavy atom. The quantitative estimate of drug-likeness (QED) is 0.440. The molecular weight excluding hydrogens is 440 g/mol. The molecule has 0 atom stereocenters. The highest BCUT2D eigenvalue weighted by molar-refractivity contribution is 6.06. The van der Waals surface area contributed by atoms with Crippen LogP contribution in [-0.4, -0.2) is 48.8 Å². The van der Waals surface area contributed by atoms with E-state index in [1.54, 1.807) is 52.3 Å². The lowest BCUT2D eigenvalue weighted by Crippen LogP contribution is -2.30. The molecule has 7 nitrogen and oxygen atoms in total. The molecule has 35 heavy (non-hydrogen) atoms. The molecule has 0 saturated heterocycles. The molecular formula is C28H32N4O3. The van der Waals surface area contributed by atoms with Gasteiger partial charge in [-0.3, -0.25) is 14.4 Å². The monoisotopic (exact) mass is 472 g/mol. The lowest BCUT2D eigenvalue weighted by molar-refractivity contribution is -0.114. The molecule has 0 unspecified atom stereocenters. The summed E-state index contributed by atoms with van der Waals surface area (Å²) in [6, 6.07) is 23.5. The van der Waals surface area contributed by atoms with Crippen molar-refractivity contribution < 1.29 is 14.4 Å². The number of carbonyl (C=O) groups excluding carboxylic acids is 3. The van der Waals surface area contributed by atoms with Crippen LogP contribution < -0.4 is 15.5 Å². The third-order valence-electron chi connectivity index (χ3n) is 5.66. The number of nitrogens with zero attached hydrogens (tertiary/aromatic N) is 2. The van der Waals surface area contributed by atoms with Crippen molar-refractivity contribution in [3.8, 4) is 0 Å². The van der Waals surface area contributed by atoms with E-state index in [0.717, 1.165) is 5.69 Å². The average molecular weight is 473 g/mol. The predicted octanol–water partition coefficient (Wildman–Crippen LogP) is 4.89. The largest absolute Gasteiger partial charge is 0.376 e. The first kappa shape index (κ1) is 25.5. The topological polar surface area (TPSA) is 81.8 Å². The molecule has 0 fully saturated rings. The van der Waals surface area contributed by atoms with E-state index in [1.807, 2.05) is 57.2 Å². The SMILES string of the molecule is CCN(CC)C(=O)c1ccc(NC(=O)CNc2cccc(C(=O)N(CC)c3ccccc3)c2)cc1. The number of carbonyl (C=O) groups is 3. The minimum Gasteiger partial charge on any atom is -0.376 e. The van der Waals surface area contributed by atoms with E-state index >= 15 is 0 Å². The van der Waals surface area contributed by atoms with Gasteiger partial charge in [0.25, 0.3) is 11.8 Å². The maximum absolute atomic E-state index is 13.1. The first-order valence-corrected chi connectivity index (χ1v) is 11.9. The summed E-state index contributed by atoms with van der Waals surface area (Å²) in [5.41, 5.74) is 3.24. The van der Waals surface area contributed by atoms with Crippen molar-refractivity contribution in [2.45, 2.75) is 20.8 Å². The molecule has 3 rings (SSSR count). The second-order valence-electron chi connectivity index (χ2n) is 7.92. The van der Waals surface area contributed by atoms with Gasteiger partial charge in [-0.1, -0.05) is 24.3 Å². The molecule has 0 bridgehead atoms. The number of hydrogen-bond acceptors (Lipinski definition) is 4. The molecule has 3 aromatic rings. The van der Waals surface area contributed by atoms with Gasteiger partial charge >= 0.3 is 0 Å². The number of benzene rings is 3. The summed E-state index contributed by atoms with van der Waals surface area (Å²) in [4.78, 5) is 41.4. The van der Waals surface area contributed by atoms with Crippen LogP contribution in [-0.2, 0) is 4.79 Å². The van der Waals surface area contributed by atoms with E-state index in [1.165, 1.54) is 0 Å². The highest BCUT2D eigenvalue weighted by atomic mass is 16.2. The van der Waals surface area contributed by atoms with Crippen molar-refractivity contribution in [1.29, 1.82) is 0 Å². The third kappa shape index (κ3) is 6.69. The maximum Gasteiger partial charge on any atom is 0.258 e. The fraction of sp³-hybridized carbons (Fsp3) is 0.250. The van der Waals surface area contributed by atoms with E-state index in [2.05, 4.69) is 10.6 Å². The Kier molecular flexibility index (Phi) is 9.01. The Balaban J connectivity index is 1.58. The number of rotatable bonds is 10.